The number of nitrogens with zero attached hydrogens (tertiary/aromatic N) is 1. The molecule has 1 aromatic carbocycles. The van der Waals surface area contributed by atoms with Crippen LogP contribution in [-0.4, -0.2) is 44.9 Å². The lowest BCUT2D eigenvalue weighted by atomic mass is 10.2. The predicted octanol–water partition coefficient (Wildman–Crippen LogP) is 2.93. The summed E-state index contributed by atoms with van der Waals surface area (Å²) >= 11 is 5.97. The minimum Gasteiger partial charge on any atom is -0.496 e. The number of benzene rings is 1. The summed E-state index contributed by atoms with van der Waals surface area (Å²) in [4.78, 5) is 15.7. The van der Waals surface area contributed by atoms with Crippen molar-refractivity contribution >= 4 is 23.7 Å². The lowest BCUT2D eigenvalue weighted by molar-refractivity contribution is 0.0527. The number of hydrogen-bond acceptors (Lipinski definition) is 4. The maximum atomic E-state index is 11.5. The van der Waals surface area contributed by atoms with Crippen LogP contribution in [0.25, 0.3) is 0 Å². The molecule has 1 amide bonds. The van der Waals surface area contributed by atoms with Crippen molar-refractivity contribution in [1.82, 2.24) is 16.0 Å². The van der Waals surface area contributed by atoms with Crippen LogP contribution in [0.5, 0.6) is 5.75 Å². The number of aliphatic imine (C=N–C) groups is 1. The Morgan fingerprint density at radius 1 is 1.19 bits per heavy atom. The second-order valence-electron chi connectivity index (χ2n) is 6.59. The van der Waals surface area contributed by atoms with Crippen LogP contribution in [0.2, 0.25) is 5.02 Å². The maximum absolute atomic E-state index is 11.5. The summed E-state index contributed by atoms with van der Waals surface area (Å²) in [5.74, 6) is 1.39. The fraction of sp³-hybridized carbons (Fsp3) is 0.556. The second kappa shape index (κ2) is 10.8. The predicted molar refractivity (Wildman–Crippen MR) is 105 cm³/mol. The molecule has 0 aliphatic heterocycles. The zero-order valence-electron chi connectivity index (χ0n) is 16.1. The summed E-state index contributed by atoms with van der Waals surface area (Å²) in [7, 11) is 3.31. The zero-order valence-corrected chi connectivity index (χ0v) is 16.9. The molecule has 0 saturated carbocycles. The zero-order chi connectivity index (χ0) is 19.6. The van der Waals surface area contributed by atoms with Gasteiger partial charge < -0.3 is 25.4 Å². The molecule has 0 radical (unpaired) electrons. The molecule has 0 fully saturated rings. The Morgan fingerprint density at radius 3 is 2.50 bits per heavy atom. The molecule has 0 aromatic heterocycles. The van der Waals surface area contributed by atoms with Gasteiger partial charge in [0.1, 0.15) is 11.4 Å². The van der Waals surface area contributed by atoms with Gasteiger partial charge in [0.2, 0.25) is 0 Å². The minimum absolute atomic E-state index is 0.408. The van der Waals surface area contributed by atoms with Gasteiger partial charge in [0.05, 0.1) is 7.11 Å². The van der Waals surface area contributed by atoms with E-state index in [1.54, 1.807) is 20.2 Å². The Morgan fingerprint density at radius 2 is 1.88 bits per heavy atom. The molecule has 0 aliphatic rings. The highest BCUT2D eigenvalue weighted by Crippen LogP contribution is 2.22. The third kappa shape index (κ3) is 8.80. The standard InChI is InChI=1S/C18H29ClN4O3/c1-18(2,3)26-17(24)22-10-6-9-21-16(20-4)23-12-13-7-8-14(19)11-15(13)25-5/h7-8,11H,6,9-10,12H2,1-5H3,(H,22,24)(H2,20,21,23). The van der Waals surface area contributed by atoms with Crippen LogP contribution in [0.15, 0.2) is 23.2 Å². The highest BCUT2D eigenvalue weighted by atomic mass is 35.5. The summed E-state index contributed by atoms with van der Waals surface area (Å²) < 4.78 is 10.5. The van der Waals surface area contributed by atoms with Crippen LogP contribution in [-0.2, 0) is 11.3 Å². The van der Waals surface area contributed by atoms with Gasteiger partial charge in [0.25, 0.3) is 0 Å². The van der Waals surface area contributed by atoms with E-state index < -0.39 is 11.7 Å². The minimum atomic E-state index is -0.489. The van der Waals surface area contributed by atoms with E-state index in [0.29, 0.717) is 30.6 Å². The Hall–Kier alpha value is -2.15. The number of ether oxygens (including phenoxy) is 2. The van der Waals surface area contributed by atoms with E-state index in [4.69, 9.17) is 21.1 Å². The van der Waals surface area contributed by atoms with E-state index in [1.807, 2.05) is 32.9 Å². The van der Waals surface area contributed by atoms with Crippen molar-refractivity contribution in [2.75, 3.05) is 27.2 Å². The smallest absolute Gasteiger partial charge is 0.407 e. The fourth-order valence-corrected chi connectivity index (χ4v) is 2.23. The van der Waals surface area contributed by atoms with Crippen LogP contribution in [0.3, 0.4) is 0 Å². The van der Waals surface area contributed by atoms with Crippen molar-refractivity contribution in [2.24, 2.45) is 4.99 Å². The Bertz CT molecular complexity index is 615. The molecule has 0 unspecified atom stereocenters. The number of halogens is 1. The average molecular weight is 385 g/mol. The summed E-state index contributed by atoms with van der Waals surface area (Å²) in [5.41, 5.74) is 0.489. The largest absolute Gasteiger partial charge is 0.496 e. The van der Waals surface area contributed by atoms with Crippen molar-refractivity contribution in [3.05, 3.63) is 28.8 Å². The van der Waals surface area contributed by atoms with E-state index in [-0.39, 0.29) is 0 Å². The highest BCUT2D eigenvalue weighted by Gasteiger charge is 2.15. The molecule has 8 heteroatoms. The van der Waals surface area contributed by atoms with Crippen LogP contribution >= 0.6 is 11.6 Å². The number of rotatable bonds is 7. The molecular formula is C18H29ClN4O3. The van der Waals surface area contributed by atoms with Crippen molar-refractivity contribution in [3.63, 3.8) is 0 Å². The van der Waals surface area contributed by atoms with E-state index in [1.165, 1.54) is 0 Å². The maximum Gasteiger partial charge on any atom is 0.407 e. The molecule has 3 N–H and O–H groups in total. The van der Waals surface area contributed by atoms with Crippen LogP contribution < -0.4 is 20.7 Å². The van der Waals surface area contributed by atoms with Gasteiger partial charge in [0, 0.05) is 37.3 Å². The molecule has 1 rings (SSSR count). The van der Waals surface area contributed by atoms with E-state index in [0.717, 1.165) is 17.7 Å². The lowest BCUT2D eigenvalue weighted by Crippen LogP contribution is -2.39. The molecule has 0 saturated heterocycles. The monoisotopic (exact) mass is 384 g/mol. The Labute approximate surface area is 160 Å². The quantitative estimate of drug-likeness (QED) is 0.382. The average Bonchev–Trinajstić information content (AvgIpc) is 2.56. The first-order valence-corrected chi connectivity index (χ1v) is 8.86. The van der Waals surface area contributed by atoms with Gasteiger partial charge in [-0.25, -0.2) is 4.79 Å². The van der Waals surface area contributed by atoms with Crippen molar-refractivity contribution in [2.45, 2.75) is 39.3 Å². The summed E-state index contributed by atoms with van der Waals surface area (Å²) in [6.45, 7) is 7.23. The number of hydrogen-bond donors (Lipinski definition) is 3. The Balaban J connectivity index is 2.31. The molecule has 1 aromatic rings. The Kier molecular flexibility index (Phi) is 9.05. The van der Waals surface area contributed by atoms with Crippen molar-refractivity contribution in [3.8, 4) is 5.75 Å². The molecule has 0 atom stereocenters. The number of carbonyl (C=O) groups excluding carboxylic acids is 1. The first-order chi connectivity index (χ1) is 12.2. The van der Waals surface area contributed by atoms with Gasteiger partial charge in [-0.2, -0.15) is 0 Å². The van der Waals surface area contributed by atoms with Crippen molar-refractivity contribution in [1.29, 1.82) is 0 Å². The molecule has 0 bridgehead atoms. The number of nitrogens with one attached hydrogen (secondary N) is 3. The molecule has 7 nitrogen and oxygen atoms in total. The number of alkyl carbamates (subject to hydrolysis) is 1. The van der Waals surface area contributed by atoms with Crippen LogP contribution in [0.1, 0.15) is 32.8 Å². The summed E-state index contributed by atoms with van der Waals surface area (Å²) in [6, 6.07) is 5.50. The van der Waals surface area contributed by atoms with Gasteiger partial charge in [-0.05, 0) is 39.3 Å². The van der Waals surface area contributed by atoms with Gasteiger partial charge in [0.15, 0.2) is 5.96 Å². The highest BCUT2D eigenvalue weighted by molar-refractivity contribution is 6.30. The van der Waals surface area contributed by atoms with Gasteiger partial charge in [-0.3, -0.25) is 4.99 Å². The van der Waals surface area contributed by atoms with E-state index >= 15 is 0 Å². The third-order valence-corrected chi connectivity index (χ3v) is 3.47. The van der Waals surface area contributed by atoms with Crippen LogP contribution in [0.4, 0.5) is 4.79 Å². The van der Waals surface area contributed by atoms with Gasteiger partial charge in [-0.1, -0.05) is 17.7 Å². The van der Waals surface area contributed by atoms with Gasteiger partial charge >= 0.3 is 6.09 Å². The second-order valence-corrected chi connectivity index (χ2v) is 7.03. The molecular weight excluding hydrogens is 356 g/mol. The molecule has 0 aliphatic carbocycles. The number of guanidine groups is 1. The summed E-state index contributed by atoms with van der Waals surface area (Å²) in [5, 5.41) is 9.75. The van der Waals surface area contributed by atoms with E-state index in [9.17, 15) is 4.79 Å². The van der Waals surface area contributed by atoms with Gasteiger partial charge in [-0.15, -0.1) is 0 Å². The number of amides is 1. The molecule has 0 heterocycles. The topological polar surface area (TPSA) is 84.0 Å². The first-order valence-electron chi connectivity index (χ1n) is 8.49. The number of carbonyl (C=O) groups is 1. The first kappa shape index (κ1) is 21.9. The fourth-order valence-electron chi connectivity index (χ4n) is 2.06. The SMILES string of the molecule is CN=C(NCCCNC(=O)OC(C)(C)C)NCc1ccc(Cl)cc1OC. The molecule has 26 heavy (non-hydrogen) atoms. The number of methoxy groups -OCH3 is 1. The third-order valence-electron chi connectivity index (χ3n) is 3.23. The molecule has 0 spiro atoms. The van der Waals surface area contributed by atoms with Crippen molar-refractivity contribution < 1.29 is 14.3 Å². The normalized spacial score (nSPS) is 11.7. The van der Waals surface area contributed by atoms with Crippen LogP contribution in [0, 0.1) is 0 Å². The summed E-state index contributed by atoms with van der Waals surface area (Å²) in [6.07, 6.45) is 0.333. The lowest BCUT2D eigenvalue weighted by Gasteiger charge is -2.19. The molecule has 146 valence electrons. The van der Waals surface area contributed by atoms with E-state index in [2.05, 4.69) is 20.9 Å².